The first-order chi connectivity index (χ1) is 12.2. The van der Waals surface area contributed by atoms with E-state index in [2.05, 4.69) is 15.0 Å². The molecule has 2 aliphatic heterocycles. The van der Waals surface area contributed by atoms with Crippen LogP contribution in [-0.2, 0) is 30.1 Å². The zero-order valence-corrected chi connectivity index (χ0v) is 17.0. The Morgan fingerprint density at radius 1 is 1.42 bits per heavy atom. The van der Waals surface area contributed by atoms with E-state index in [9.17, 15) is 0 Å². The summed E-state index contributed by atoms with van der Waals surface area (Å²) in [5.74, 6) is 0.249. The van der Waals surface area contributed by atoms with Gasteiger partial charge in [-0.1, -0.05) is 23.2 Å². The Bertz CT molecular complexity index is 897. The molecule has 0 amide bonds. The summed E-state index contributed by atoms with van der Waals surface area (Å²) in [5.41, 5.74) is 6.71. The van der Waals surface area contributed by atoms with Crippen molar-refractivity contribution in [1.29, 1.82) is 0 Å². The molecular formula is C13H16Cl2N5O4PS. The minimum atomic E-state index is -2.96. The zero-order chi connectivity index (χ0) is 18.7. The number of aromatic nitrogens is 4. The average molecular weight is 440 g/mol. The highest BCUT2D eigenvalue weighted by atomic mass is 35.5. The van der Waals surface area contributed by atoms with Crippen molar-refractivity contribution < 1.29 is 18.3 Å². The number of fused-ring (bicyclic) bond motifs is 2. The predicted octanol–water partition coefficient (Wildman–Crippen LogP) is 2.54. The number of imidazole rings is 1. The summed E-state index contributed by atoms with van der Waals surface area (Å²) >= 11 is 18.7. The molecular weight excluding hydrogens is 424 g/mol. The first-order valence-corrected chi connectivity index (χ1v) is 11.1. The van der Waals surface area contributed by atoms with Gasteiger partial charge in [-0.3, -0.25) is 9.09 Å². The van der Waals surface area contributed by atoms with E-state index in [0.717, 1.165) is 0 Å². The van der Waals surface area contributed by atoms with Crippen LogP contribution < -0.4 is 5.73 Å². The molecule has 4 heterocycles. The number of nitrogen functional groups attached to an aromatic ring is 1. The molecule has 26 heavy (non-hydrogen) atoms. The van der Waals surface area contributed by atoms with Crippen LogP contribution >= 0.6 is 29.9 Å². The number of rotatable bonds is 3. The molecule has 4 rings (SSSR count). The molecule has 0 spiro atoms. The lowest BCUT2D eigenvalue weighted by molar-refractivity contribution is -0.0632. The van der Waals surface area contributed by atoms with Crippen molar-refractivity contribution in [2.45, 2.75) is 42.7 Å². The number of anilines is 1. The van der Waals surface area contributed by atoms with Crippen LogP contribution in [-0.4, -0.2) is 48.8 Å². The summed E-state index contributed by atoms with van der Waals surface area (Å²) in [7, 11) is 0. The van der Waals surface area contributed by atoms with Crippen molar-refractivity contribution in [1.82, 2.24) is 19.5 Å². The maximum Gasteiger partial charge on any atom is 0.327 e. The second kappa shape index (κ2) is 6.49. The molecule has 2 aliphatic rings. The number of halogens is 2. The van der Waals surface area contributed by atoms with Gasteiger partial charge in [-0.2, -0.15) is 0 Å². The van der Waals surface area contributed by atoms with Gasteiger partial charge >= 0.3 is 6.72 Å². The summed E-state index contributed by atoms with van der Waals surface area (Å²) in [6.07, 6.45) is 0.595. The molecule has 0 radical (unpaired) electrons. The van der Waals surface area contributed by atoms with Gasteiger partial charge in [-0.15, -0.1) is 0 Å². The molecule has 2 N–H and O–H groups in total. The van der Waals surface area contributed by atoms with Gasteiger partial charge in [0.25, 0.3) is 0 Å². The van der Waals surface area contributed by atoms with E-state index >= 15 is 0 Å². The molecule has 0 bridgehead atoms. The molecule has 2 aromatic rings. The van der Waals surface area contributed by atoms with Crippen LogP contribution in [0.5, 0.6) is 0 Å². The minimum absolute atomic E-state index is 0.159. The van der Waals surface area contributed by atoms with Crippen LogP contribution in [0.25, 0.3) is 11.2 Å². The highest BCUT2D eigenvalue weighted by molar-refractivity contribution is 8.07. The number of ether oxygens (including phenoxy) is 1. The van der Waals surface area contributed by atoms with Gasteiger partial charge in [-0.25, -0.2) is 15.0 Å². The van der Waals surface area contributed by atoms with Crippen LogP contribution in [0.3, 0.4) is 0 Å². The molecule has 2 fully saturated rings. The van der Waals surface area contributed by atoms with Crippen molar-refractivity contribution >= 4 is 58.7 Å². The summed E-state index contributed by atoms with van der Waals surface area (Å²) in [6, 6.07) is 0. The minimum Gasteiger partial charge on any atom is -0.382 e. The number of nitrogens with zero attached hydrogens (tertiary/aromatic N) is 4. The third kappa shape index (κ3) is 3.02. The van der Waals surface area contributed by atoms with Gasteiger partial charge in [0.2, 0.25) is 0 Å². The van der Waals surface area contributed by atoms with Gasteiger partial charge in [0, 0.05) is 0 Å². The SMILES string of the molecule is CC(C)OP1(=S)OC[C@H]2O[C@@H](n3cnc4c(N)ncnc43)C(Cl)(Cl)[C@@H]2O1. The Balaban J connectivity index is 1.68. The lowest BCUT2D eigenvalue weighted by atomic mass is 10.2. The van der Waals surface area contributed by atoms with Crippen LogP contribution in [0.15, 0.2) is 12.7 Å². The molecule has 2 aromatic heterocycles. The van der Waals surface area contributed by atoms with E-state index < -0.39 is 29.5 Å². The van der Waals surface area contributed by atoms with E-state index in [1.54, 1.807) is 4.57 Å². The summed E-state index contributed by atoms with van der Waals surface area (Å²) in [5, 5.41) is 0. The molecule has 142 valence electrons. The fourth-order valence-corrected chi connectivity index (χ4v) is 6.30. The van der Waals surface area contributed by atoms with Gasteiger partial charge in [0.15, 0.2) is 22.0 Å². The first kappa shape index (κ1) is 18.8. The third-order valence-electron chi connectivity index (χ3n) is 3.97. The Morgan fingerprint density at radius 2 is 2.19 bits per heavy atom. The summed E-state index contributed by atoms with van der Waals surface area (Å²) in [6.45, 7) is 0.887. The highest BCUT2D eigenvalue weighted by Crippen LogP contribution is 2.62. The van der Waals surface area contributed by atoms with Gasteiger partial charge in [-0.05, 0) is 25.7 Å². The number of hydrogen-bond donors (Lipinski definition) is 1. The lowest BCUT2D eigenvalue weighted by Crippen LogP contribution is -2.42. The van der Waals surface area contributed by atoms with Crippen LogP contribution in [0, 0.1) is 0 Å². The topological polar surface area (TPSA) is 107 Å². The van der Waals surface area contributed by atoms with Gasteiger partial charge in [0.05, 0.1) is 19.0 Å². The largest absolute Gasteiger partial charge is 0.382 e. The van der Waals surface area contributed by atoms with E-state index in [0.29, 0.717) is 11.2 Å². The highest BCUT2D eigenvalue weighted by Gasteiger charge is 2.61. The van der Waals surface area contributed by atoms with Crippen LogP contribution in [0.4, 0.5) is 5.82 Å². The van der Waals surface area contributed by atoms with Crippen molar-refractivity contribution in [3.05, 3.63) is 12.7 Å². The Morgan fingerprint density at radius 3 is 2.92 bits per heavy atom. The van der Waals surface area contributed by atoms with Gasteiger partial charge < -0.3 is 19.5 Å². The Hall–Kier alpha value is -0.580. The quantitative estimate of drug-likeness (QED) is 0.569. The molecule has 0 aromatic carbocycles. The maximum atomic E-state index is 6.66. The fraction of sp³-hybridized carbons (Fsp3) is 0.615. The van der Waals surface area contributed by atoms with Crippen molar-refractivity contribution in [3.8, 4) is 0 Å². The van der Waals surface area contributed by atoms with E-state index in [1.165, 1.54) is 12.7 Å². The fourth-order valence-electron chi connectivity index (χ4n) is 2.92. The second-order valence-corrected chi connectivity index (χ2v) is 10.6. The third-order valence-corrected chi connectivity index (χ3v) is 7.24. The number of hydrogen-bond acceptors (Lipinski definition) is 9. The monoisotopic (exact) mass is 439 g/mol. The molecule has 2 saturated heterocycles. The van der Waals surface area contributed by atoms with Crippen LogP contribution in [0.2, 0.25) is 0 Å². The van der Waals surface area contributed by atoms with E-state index in [4.69, 9.17) is 59.1 Å². The van der Waals surface area contributed by atoms with E-state index in [-0.39, 0.29) is 18.5 Å². The lowest BCUT2D eigenvalue weighted by Gasteiger charge is -2.36. The van der Waals surface area contributed by atoms with Gasteiger partial charge in [0.1, 0.15) is 24.1 Å². The predicted molar refractivity (Wildman–Crippen MR) is 99.4 cm³/mol. The maximum absolute atomic E-state index is 6.66. The zero-order valence-electron chi connectivity index (χ0n) is 13.8. The Labute approximate surface area is 164 Å². The molecule has 1 unspecified atom stereocenters. The molecule has 9 nitrogen and oxygen atoms in total. The van der Waals surface area contributed by atoms with Crippen molar-refractivity contribution in [3.63, 3.8) is 0 Å². The number of alkyl halides is 2. The van der Waals surface area contributed by atoms with Crippen molar-refractivity contribution in [2.24, 2.45) is 0 Å². The molecule has 4 atom stereocenters. The number of nitrogens with two attached hydrogens (primary N) is 1. The molecule has 0 aliphatic carbocycles. The second-order valence-electron chi connectivity index (χ2n) is 6.21. The smallest absolute Gasteiger partial charge is 0.327 e. The normalized spacial score (nSPS) is 33.7. The summed E-state index contributed by atoms with van der Waals surface area (Å²) < 4.78 is 23.3. The molecule has 13 heteroatoms. The average Bonchev–Trinajstić information content (AvgIpc) is 3.07. The first-order valence-electron chi connectivity index (χ1n) is 7.79. The molecule has 0 saturated carbocycles. The van der Waals surface area contributed by atoms with E-state index in [1.807, 2.05) is 13.8 Å². The Kier molecular flexibility index (Phi) is 4.69. The van der Waals surface area contributed by atoms with Crippen molar-refractivity contribution in [2.75, 3.05) is 12.3 Å². The van der Waals surface area contributed by atoms with Crippen LogP contribution in [0.1, 0.15) is 20.1 Å². The summed E-state index contributed by atoms with van der Waals surface area (Å²) in [4.78, 5) is 12.3. The standard InChI is InChI=1S/C13H16Cl2N5O4PS/c1-6(2)23-25(26)21-3-7-9(24-25)13(14,15)12(22-7)20-5-19-8-10(16)17-4-18-11(8)20/h4-7,9,12H,3H2,1-2H3,(H2,16,17,18)/t7-,9-,12-,25?/m1/s1.